The summed E-state index contributed by atoms with van der Waals surface area (Å²) in [4.78, 5) is 17.0. The molecule has 1 aliphatic heterocycles. The second kappa shape index (κ2) is 4.65. The fraction of sp³-hybridized carbons (Fsp3) is 0.250. The van der Waals surface area contributed by atoms with Crippen molar-refractivity contribution in [1.29, 1.82) is 0 Å². The molecule has 5 nitrogen and oxygen atoms in total. The summed E-state index contributed by atoms with van der Waals surface area (Å²) < 4.78 is 0. The summed E-state index contributed by atoms with van der Waals surface area (Å²) in [5, 5.41) is 14.3. The number of fused-ring (bicyclic) bond motifs is 1. The fourth-order valence-corrected chi connectivity index (χ4v) is 2.80. The van der Waals surface area contributed by atoms with Gasteiger partial charge in [-0.1, -0.05) is 24.3 Å². The van der Waals surface area contributed by atoms with E-state index in [0.717, 1.165) is 5.69 Å². The van der Waals surface area contributed by atoms with Crippen LogP contribution >= 0.6 is 0 Å². The molecule has 5 heteroatoms. The molecule has 0 saturated carbocycles. The van der Waals surface area contributed by atoms with Crippen molar-refractivity contribution >= 4 is 5.91 Å². The van der Waals surface area contributed by atoms with E-state index in [0.29, 0.717) is 16.8 Å². The molecule has 1 atom stereocenters. The minimum Gasteiger partial charge on any atom is -0.361 e. The zero-order valence-corrected chi connectivity index (χ0v) is 12.2. The molecular formula is C16H17N3O2. The molecule has 1 aromatic heterocycles. The normalized spacial score (nSPS) is 21.0. The van der Waals surface area contributed by atoms with Crippen molar-refractivity contribution in [2.75, 3.05) is 14.1 Å². The van der Waals surface area contributed by atoms with Crippen LogP contribution in [-0.2, 0) is 5.72 Å². The van der Waals surface area contributed by atoms with Crippen molar-refractivity contribution < 1.29 is 9.90 Å². The lowest BCUT2D eigenvalue weighted by atomic mass is 9.98. The first-order valence-corrected chi connectivity index (χ1v) is 6.74. The van der Waals surface area contributed by atoms with Crippen molar-refractivity contribution in [3.8, 4) is 0 Å². The molecule has 0 aliphatic carbocycles. The van der Waals surface area contributed by atoms with E-state index >= 15 is 0 Å². The average molecular weight is 283 g/mol. The lowest BCUT2D eigenvalue weighted by molar-refractivity contribution is -0.138. The van der Waals surface area contributed by atoms with Crippen LogP contribution in [0.15, 0.2) is 42.5 Å². The quantitative estimate of drug-likeness (QED) is 0.908. The van der Waals surface area contributed by atoms with Gasteiger partial charge in [-0.15, -0.1) is 0 Å². The summed E-state index contributed by atoms with van der Waals surface area (Å²) in [6, 6.07) is 12.5. The Kier molecular flexibility index (Phi) is 3.04. The molecule has 2 heterocycles. The summed E-state index contributed by atoms with van der Waals surface area (Å²) in [7, 11) is 3.45. The third-order valence-corrected chi connectivity index (χ3v) is 3.68. The number of rotatable bonds is 2. The van der Waals surface area contributed by atoms with E-state index in [1.165, 1.54) is 5.01 Å². The highest BCUT2D eigenvalue weighted by atomic mass is 16.3. The van der Waals surface area contributed by atoms with E-state index in [2.05, 4.69) is 4.98 Å². The van der Waals surface area contributed by atoms with Gasteiger partial charge in [0.1, 0.15) is 0 Å². The average Bonchev–Trinajstić information content (AvgIpc) is 2.69. The molecule has 0 bridgehead atoms. The zero-order valence-electron chi connectivity index (χ0n) is 12.2. The van der Waals surface area contributed by atoms with Crippen LogP contribution < -0.4 is 0 Å². The van der Waals surface area contributed by atoms with Gasteiger partial charge in [-0.05, 0) is 25.1 Å². The summed E-state index contributed by atoms with van der Waals surface area (Å²) in [6.07, 6.45) is 0. The molecule has 21 heavy (non-hydrogen) atoms. The Morgan fingerprint density at radius 2 is 1.86 bits per heavy atom. The van der Waals surface area contributed by atoms with Crippen molar-refractivity contribution in [3.05, 3.63) is 65.0 Å². The van der Waals surface area contributed by atoms with Crippen LogP contribution in [0.3, 0.4) is 0 Å². The molecule has 0 saturated heterocycles. The second-order valence-electron chi connectivity index (χ2n) is 5.35. The summed E-state index contributed by atoms with van der Waals surface area (Å²) in [5.41, 5.74) is 0.702. The number of carbonyl (C=O) groups is 1. The van der Waals surface area contributed by atoms with E-state index < -0.39 is 5.72 Å². The number of aliphatic hydroxyl groups is 1. The largest absolute Gasteiger partial charge is 0.361 e. The Morgan fingerprint density at radius 1 is 1.14 bits per heavy atom. The van der Waals surface area contributed by atoms with Gasteiger partial charge in [0, 0.05) is 30.9 Å². The number of pyridine rings is 1. The van der Waals surface area contributed by atoms with Crippen LogP contribution in [0.25, 0.3) is 0 Å². The summed E-state index contributed by atoms with van der Waals surface area (Å²) >= 11 is 0. The van der Waals surface area contributed by atoms with Crippen molar-refractivity contribution in [1.82, 2.24) is 15.0 Å². The lowest BCUT2D eigenvalue weighted by Crippen LogP contribution is -2.52. The molecule has 0 fully saturated rings. The Balaban J connectivity index is 2.29. The van der Waals surface area contributed by atoms with Gasteiger partial charge in [0.25, 0.3) is 5.91 Å². The van der Waals surface area contributed by atoms with E-state index in [4.69, 9.17) is 0 Å². The van der Waals surface area contributed by atoms with Crippen LogP contribution in [0.1, 0.15) is 27.3 Å². The predicted molar refractivity (Wildman–Crippen MR) is 78.3 cm³/mol. The van der Waals surface area contributed by atoms with Gasteiger partial charge < -0.3 is 5.11 Å². The smallest absolute Gasteiger partial charge is 0.271 e. The second-order valence-corrected chi connectivity index (χ2v) is 5.35. The number of hydrazine groups is 1. The Morgan fingerprint density at radius 3 is 2.52 bits per heavy atom. The highest BCUT2D eigenvalue weighted by Gasteiger charge is 2.52. The van der Waals surface area contributed by atoms with Crippen molar-refractivity contribution in [3.63, 3.8) is 0 Å². The molecular weight excluding hydrogens is 266 g/mol. The Hall–Kier alpha value is -2.24. The number of carbonyl (C=O) groups excluding carboxylic acids is 1. The molecule has 1 aliphatic rings. The maximum atomic E-state index is 12.6. The van der Waals surface area contributed by atoms with Crippen LogP contribution in [0, 0.1) is 6.92 Å². The molecule has 1 unspecified atom stereocenters. The van der Waals surface area contributed by atoms with Crippen LogP contribution in [0.5, 0.6) is 0 Å². The maximum absolute atomic E-state index is 12.6. The van der Waals surface area contributed by atoms with Crippen LogP contribution in [0.2, 0.25) is 0 Å². The molecule has 1 amide bonds. The van der Waals surface area contributed by atoms with Gasteiger partial charge in [-0.2, -0.15) is 0 Å². The van der Waals surface area contributed by atoms with Crippen LogP contribution in [0.4, 0.5) is 0 Å². The van der Waals surface area contributed by atoms with Gasteiger partial charge >= 0.3 is 0 Å². The van der Waals surface area contributed by atoms with Gasteiger partial charge in [0.15, 0.2) is 0 Å². The minimum absolute atomic E-state index is 0.235. The number of nitrogens with zero attached hydrogens (tertiary/aromatic N) is 3. The summed E-state index contributed by atoms with van der Waals surface area (Å²) in [6.45, 7) is 1.86. The number of aromatic nitrogens is 1. The molecule has 0 radical (unpaired) electrons. The third-order valence-electron chi connectivity index (χ3n) is 3.68. The first kappa shape index (κ1) is 13.7. The standard InChI is InChI=1S/C16H17N3O2/c1-11-7-6-10-14(17-11)16(21)13-9-5-4-8-12(13)15(20)19(16)18(2)3/h4-10,21H,1-3H3. The van der Waals surface area contributed by atoms with Gasteiger partial charge in [-0.25, -0.2) is 10.0 Å². The number of aryl methyl sites for hydroxylation is 1. The molecule has 1 aromatic carbocycles. The van der Waals surface area contributed by atoms with E-state index in [9.17, 15) is 9.90 Å². The molecule has 0 spiro atoms. The van der Waals surface area contributed by atoms with Gasteiger partial charge in [0.2, 0.25) is 5.72 Å². The third kappa shape index (κ3) is 1.86. The predicted octanol–water partition coefficient (Wildman–Crippen LogP) is 1.52. The molecule has 3 rings (SSSR count). The first-order valence-electron chi connectivity index (χ1n) is 6.74. The number of hydrogen-bond acceptors (Lipinski definition) is 4. The van der Waals surface area contributed by atoms with Gasteiger partial charge in [-0.3, -0.25) is 9.78 Å². The Bertz CT molecular complexity index is 714. The first-order chi connectivity index (χ1) is 9.96. The molecule has 108 valence electrons. The number of benzene rings is 1. The maximum Gasteiger partial charge on any atom is 0.271 e. The van der Waals surface area contributed by atoms with Crippen molar-refractivity contribution in [2.24, 2.45) is 0 Å². The fourth-order valence-electron chi connectivity index (χ4n) is 2.80. The summed E-state index contributed by atoms with van der Waals surface area (Å²) in [5.74, 6) is -0.235. The highest BCUT2D eigenvalue weighted by molar-refractivity contribution is 5.99. The Labute approximate surface area is 123 Å². The number of amides is 1. The van der Waals surface area contributed by atoms with E-state index in [1.807, 2.05) is 25.1 Å². The van der Waals surface area contributed by atoms with Gasteiger partial charge in [0.05, 0.1) is 5.69 Å². The van der Waals surface area contributed by atoms with Crippen molar-refractivity contribution in [2.45, 2.75) is 12.6 Å². The van der Waals surface area contributed by atoms with E-state index in [-0.39, 0.29) is 5.91 Å². The topological polar surface area (TPSA) is 56.7 Å². The lowest BCUT2D eigenvalue weighted by Gasteiger charge is -2.37. The van der Waals surface area contributed by atoms with Crippen LogP contribution in [-0.4, -0.2) is 40.1 Å². The number of hydrogen-bond donors (Lipinski definition) is 1. The molecule has 1 N–H and O–H groups in total. The van der Waals surface area contributed by atoms with E-state index in [1.54, 1.807) is 43.4 Å². The highest BCUT2D eigenvalue weighted by Crippen LogP contribution is 2.41. The SMILES string of the molecule is Cc1cccc(C2(O)c3ccccc3C(=O)N2N(C)C)n1. The molecule has 2 aromatic rings. The monoisotopic (exact) mass is 283 g/mol. The zero-order chi connectivity index (χ0) is 15.2. The minimum atomic E-state index is -1.58.